The summed E-state index contributed by atoms with van der Waals surface area (Å²) in [7, 11) is 3.54. The molecule has 0 aliphatic carbocycles. The largest absolute Gasteiger partial charge is 0.469 e. The maximum atomic E-state index is 12.2. The van der Waals surface area contributed by atoms with Gasteiger partial charge < -0.3 is 20.0 Å². The minimum atomic E-state index is 0. The average molecular weight is 567 g/mol. The van der Waals surface area contributed by atoms with Crippen molar-refractivity contribution in [2.24, 2.45) is 4.99 Å². The van der Waals surface area contributed by atoms with E-state index in [-0.39, 0.29) is 29.9 Å². The number of carbonyl (C=O) groups excluding carboxylic acids is 1. The first-order valence-electron chi connectivity index (χ1n) is 10.5. The van der Waals surface area contributed by atoms with Gasteiger partial charge in [0.1, 0.15) is 5.76 Å². The number of benzene rings is 1. The molecule has 0 bridgehead atoms. The Kier molecular flexibility index (Phi) is 11.3. The number of amides is 1. The number of rotatable bonds is 10. The topological polar surface area (TPSA) is 69.9 Å². The Bertz CT molecular complexity index is 956. The highest BCUT2D eigenvalue weighted by Crippen LogP contribution is 2.09. The number of nitrogens with one attached hydrogen (secondary N) is 2. The molecule has 0 aliphatic rings. The van der Waals surface area contributed by atoms with E-state index in [1.807, 2.05) is 36.4 Å². The van der Waals surface area contributed by atoms with Crippen LogP contribution in [0.3, 0.4) is 0 Å². The lowest BCUT2D eigenvalue weighted by Crippen LogP contribution is -2.39. The second kappa shape index (κ2) is 13.9. The Morgan fingerprint density at radius 2 is 1.84 bits per heavy atom. The average Bonchev–Trinajstić information content (AvgIpc) is 3.47. The summed E-state index contributed by atoms with van der Waals surface area (Å²) < 4.78 is 5.40. The standard InChI is InChI=1S/C24H30N4O2S.HI/c1-28(2)23(29)20-7-3-6-19(18-20)10-13-25-24(26-14-11-21-8-4-16-30-21)27-15-12-22-9-5-17-31-22;/h3-9,16-18H,10-15H2,1-2H3,(H2,25,26,27);1H. The van der Waals surface area contributed by atoms with Crippen molar-refractivity contribution in [3.63, 3.8) is 0 Å². The zero-order chi connectivity index (χ0) is 21.9. The van der Waals surface area contributed by atoms with E-state index in [4.69, 9.17) is 9.41 Å². The summed E-state index contributed by atoms with van der Waals surface area (Å²) in [6.07, 6.45) is 4.22. The van der Waals surface area contributed by atoms with Crippen molar-refractivity contribution in [1.29, 1.82) is 0 Å². The molecular weight excluding hydrogens is 535 g/mol. The van der Waals surface area contributed by atoms with Crippen molar-refractivity contribution in [2.45, 2.75) is 19.3 Å². The fourth-order valence-electron chi connectivity index (χ4n) is 3.11. The van der Waals surface area contributed by atoms with Crippen LogP contribution in [0.15, 0.2) is 69.6 Å². The fraction of sp³-hybridized carbons (Fsp3) is 0.333. The molecule has 0 spiro atoms. The van der Waals surface area contributed by atoms with Gasteiger partial charge in [0.2, 0.25) is 0 Å². The van der Waals surface area contributed by atoms with Crippen molar-refractivity contribution in [3.05, 3.63) is 81.9 Å². The van der Waals surface area contributed by atoms with Gasteiger partial charge in [-0.1, -0.05) is 18.2 Å². The zero-order valence-electron chi connectivity index (χ0n) is 18.5. The van der Waals surface area contributed by atoms with E-state index in [2.05, 4.69) is 28.1 Å². The second-order valence-corrected chi connectivity index (χ2v) is 8.42. The molecule has 0 radical (unpaired) electrons. The lowest BCUT2D eigenvalue weighted by molar-refractivity contribution is 0.0827. The number of halogens is 1. The Labute approximate surface area is 211 Å². The molecule has 0 aliphatic heterocycles. The molecule has 172 valence electrons. The number of aliphatic imine (C=N–C) groups is 1. The maximum absolute atomic E-state index is 12.2. The second-order valence-electron chi connectivity index (χ2n) is 7.39. The van der Waals surface area contributed by atoms with Crippen LogP contribution in [0, 0.1) is 0 Å². The first-order valence-corrected chi connectivity index (χ1v) is 11.4. The van der Waals surface area contributed by atoms with Crippen molar-refractivity contribution in [3.8, 4) is 0 Å². The maximum Gasteiger partial charge on any atom is 0.253 e. The summed E-state index contributed by atoms with van der Waals surface area (Å²) in [6, 6.07) is 15.9. The fourth-order valence-corrected chi connectivity index (χ4v) is 3.81. The molecule has 6 nitrogen and oxygen atoms in total. The lowest BCUT2D eigenvalue weighted by atomic mass is 10.1. The quantitative estimate of drug-likeness (QED) is 0.219. The van der Waals surface area contributed by atoms with Crippen molar-refractivity contribution in [1.82, 2.24) is 15.5 Å². The molecule has 8 heteroatoms. The number of guanidine groups is 1. The van der Waals surface area contributed by atoms with E-state index >= 15 is 0 Å². The third kappa shape index (κ3) is 8.66. The molecule has 3 rings (SSSR count). The van der Waals surface area contributed by atoms with Gasteiger partial charge in [-0.3, -0.25) is 9.79 Å². The van der Waals surface area contributed by atoms with Crippen LogP contribution in [-0.4, -0.2) is 50.5 Å². The monoisotopic (exact) mass is 566 g/mol. The van der Waals surface area contributed by atoms with Gasteiger partial charge in [0.05, 0.1) is 6.26 Å². The molecule has 2 heterocycles. The normalized spacial score (nSPS) is 11.0. The Morgan fingerprint density at radius 1 is 1.03 bits per heavy atom. The smallest absolute Gasteiger partial charge is 0.253 e. The highest BCUT2D eigenvalue weighted by Gasteiger charge is 2.08. The van der Waals surface area contributed by atoms with E-state index < -0.39 is 0 Å². The van der Waals surface area contributed by atoms with Crippen LogP contribution in [0.4, 0.5) is 0 Å². The number of furan rings is 1. The summed E-state index contributed by atoms with van der Waals surface area (Å²) in [4.78, 5) is 19.8. The first-order chi connectivity index (χ1) is 15.1. The van der Waals surface area contributed by atoms with Crippen molar-refractivity contribution < 1.29 is 9.21 Å². The third-order valence-corrected chi connectivity index (χ3v) is 5.67. The van der Waals surface area contributed by atoms with Crippen molar-refractivity contribution >= 4 is 47.2 Å². The van der Waals surface area contributed by atoms with Crippen LogP contribution in [0.1, 0.15) is 26.6 Å². The summed E-state index contributed by atoms with van der Waals surface area (Å²) in [6.45, 7) is 2.19. The first kappa shape index (κ1) is 25.9. The predicted octanol–water partition coefficient (Wildman–Crippen LogP) is 4.22. The van der Waals surface area contributed by atoms with Gasteiger partial charge in [-0.05, 0) is 47.7 Å². The third-order valence-electron chi connectivity index (χ3n) is 4.74. The van der Waals surface area contributed by atoms with Gasteiger partial charge in [-0.15, -0.1) is 35.3 Å². The molecule has 2 N–H and O–H groups in total. The minimum absolute atomic E-state index is 0. The van der Waals surface area contributed by atoms with E-state index in [0.717, 1.165) is 56.2 Å². The van der Waals surface area contributed by atoms with Gasteiger partial charge in [0, 0.05) is 57.0 Å². The van der Waals surface area contributed by atoms with E-state index in [9.17, 15) is 4.79 Å². The van der Waals surface area contributed by atoms with E-state index in [1.54, 1.807) is 36.6 Å². The van der Waals surface area contributed by atoms with Crippen LogP contribution < -0.4 is 10.6 Å². The number of thiophene rings is 1. The Hall–Kier alpha value is -2.33. The lowest BCUT2D eigenvalue weighted by Gasteiger charge is -2.13. The number of hydrogen-bond donors (Lipinski definition) is 2. The van der Waals surface area contributed by atoms with Gasteiger partial charge in [0.15, 0.2) is 5.96 Å². The summed E-state index contributed by atoms with van der Waals surface area (Å²) in [5.74, 6) is 1.77. The SMILES string of the molecule is CN(C)C(=O)c1cccc(CCNC(=NCCc2cccs2)NCCc2ccco2)c1.I. The van der Waals surface area contributed by atoms with Crippen LogP contribution in [0.25, 0.3) is 0 Å². The van der Waals surface area contributed by atoms with Crippen LogP contribution in [-0.2, 0) is 19.3 Å². The van der Waals surface area contributed by atoms with Crippen LogP contribution in [0.5, 0.6) is 0 Å². The highest BCUT2D eigenvalue weighted by atomic mass is 127. The molecule has 3 aromatic rings. The molecular formula is C24H31IN4O2S. The molecule has 2 aromatic heterocycles. The molecule has 1 amide bonds. The van der Waals surface area contributed by atoms with Crippen LogP contribution in [0.2, 0.25) is 0 Å². The highest BCUT2D eigenvalue weighted by molar-refractivity contribution is 14.0. The van der Waals surface area contributed by atoms with E-state index in [1.165, 1.54) is 4.88 Å². The summed E-state index contributed by atoms with van der Waals surface area (Å²) in [5, 5.41) is 8.90. The van der Waals surface area contributed by atoms with Gasteiger partial charge in [-0.25, -0.2) is 0 Å². The van der Waals surface area contributed by atoms with Gasteiger partial charge in [-0.2, -0.15) is 0 Å². The molecule has 32 heavy (non-hydrogen) atoms. The van der Waals surface area contributed by atoms with Gasteiger partial charge >= 0.3 is 0 Å². The van der Waals surface area contributed by atoms with Crippen molar-refractivity contribution in [2.75, 3.05) is 33.7 Å². The molecule has 0 atom stereocenters. The minimum Gasteiger partial charge on any atom is -0.469 e. The van der Waals surface area contributed by atoms with Crippen LogP contribution >= 0.6 is 35.3 Å². The molecule has 0 fully saturated rings. The molecule has 0 unspecified atom stereocenters. The summed E-state index contributed by atoms with van der Waals surface area (Å²) >= 11 is 1.76. The molecule has 0 saturated carbocycles. The molecule has 0 saturated heterocycles. The zero-order valence-corrected chi connectivity index (χ0v) is 21.7. The van der Waals surface area contributed by atoms with Gasteiger partial charge in [0.25, 0.3) is 5.91 Å². The van der Waals surface area contributed by atoms with E-state index in [0.29, 0.717) is 5.56 Å². The number of carbonyl (C=O) groups is 1. The Balaban J connectivity index is 0.00000363. The molecule has 1 aromatic carbocycles. The predicted molar refractivity (Wildman–Crippen MR) is 142 cm³/mol. The number of hydrogen-bond acceptors (Lipinski definition) is 4. The number of nitrogens with zero attached hydrogens (tertiary/aromatic N) is 2. The Morgan fingerprint density at radius 3 is 2.53 bits per heavy atom. The summed E-state index contributed by atoms with van der Waals surface area (Å²) in [5.41, 5.74) is 1.83.